The number of rotatable bonds is 4. The van der Waals surface area contributed by atoms with Gasteiger partial charge in [0.1, 0.15) is 5.82 Å². The zero-order valence-electron chi connectivity index (χ0n) is 15.4. The monoisotopic (exact) mass is 408 g/mol. The smallest absolute Gasteiger partial charge is 0.449 e. The van der Waals surface area contributed by atoms with E-state index in [1.165, 1.54) is 24.5 Å². The molecule has 0 radical (unpaired) electrons. The van der Waals surface area contributed by atoms with Crippen LogP contribution in [-0.4, -0.2) is 20.8 Å². The number of pyridine rings is 2. The Bertz CT molecular complexity index is 1300. The quantitative estimate of drug-likeness (QED) is 0.399. The number of nitrogens with zero attached hydrogens (tertiary/aromatic N) is 2. The average molecular weight is 408 g/mol. The second-order valence-electron chi connectivity index (χ2n) is 6.52. The summed E-state index contributed by atoms with van der Waals surface area (Å²) < 4.78 is 33.4. The Hall–Kier alpha value is -4.07. The molecule has 0 aliphatic heterocycles. The molecule has 6 nitrogen and oxygen atoms in total. The number of ether oxygens (including phenoxy) is 1. The SMILES string of the molecule is O=C(O)Oc1cn(Cc2ccc(-c3ccc(F)nc3)cc2)c2cccc(F)c2c1=O. The van der Waals surface area contributed by atoms with Crippen LogP contribution in [-0.2, 0) is 6.54 Å². The van der Waals surface area contributed by atoms with Crippen molar-refractivity contribution in [2.75, 3.05) is 0 Å². The van der Waals surface area contributed by atoms with E-state index >= 15 is 0 Å². The summed E-state index contributed by atoms with van der Waals surface area (Å²) in [5, 5.41) is 8.63. The summed E-state index contributed by atoms with van der Waals surface area (Å²) in [6.45, 7) is 0.234. The first-order valence-electron chi connectivity index (χ1n) is 8.85. The molecule has 0 saturated heterocycles. The minimum absolute atomic E-state index is 0.234. The van der Waals surface area contributed by atoms with Crippen molar-refractivity contribution < 1.29 is 23.4 Å². The number of benzene rings is 2. The number of hydrogen-bond donors (Lipinski definition) is 1. The van der Waals surface area contributed by atoms with Gasteiger partial charge in [-0.05, 0) is 35.4 Å². The average Bonchev–Trinajstić information content (AvgIpc) is 2.72. The Balaban J connectivity index is 1.73. The standard InChI is InChI=1S/C22H14F2N2O4/c23-16-2-1-3-17-20(16)21(27)18(30-22(28)29)12-26(17)11-13-4-6-14(7-5-13)15-8-9-19(24)25-10-15/h1-10,12H,11H2,(H,28,29). The number of carboxylic acid groups (broad SMARTS) is 1. The van der Waals surface area contributed by atoms with Gasteiger partial charge in [-0.3, -0.25) is 4.79 Å². The van der Waals surface area contributed by atoms with E-state index in [2.05, 4.69) is 9.72 Å². The van der Waals surface area contributed by atoms with E-state index in [1.807, 2.05) is 24.3 Å². The molecule has 0 aliphatic rings. The van der Waals surface area contributed by atoms with Crippen LogP contribution < -0.4 is 10.2 Å². The van der Waals surface area contributed by atoms with Crippen LogP contribution in [0, 0.1) is 11.8 Å². The number of fused-ring (bicyclic) bond motifs is 1. The van der Waals surface area contributed by atoms with Crippen LogP contribution in [0.15, 0.2) is 71.8 Å². The number of carbonyl (C=O) groups is 1. The highest BCUT2D eigenvalue weighted by Gasteiger charge is 2.16. The molecule has 150 valence electrons. The van der Waals surface area contributed by atoms with Crippen LogP contribution in [0.1, 0.15) is 5.56 Å². The number of aromatic nitrogens is 2. The maximum Gasteiger partial charge on any atom is 0.511 e. The summed E-state index contributed by atoms with van der Waals surface area (Å²) >= 11 is 0. The molecule has 8 heteroatoms. The lowest BCUT2D eigenvalue weighted by molar-refractivity contribution is 0.144. The molecule has 0 amide bonds. The molecule has 30 heavy (non-hydrogen) atoms. The van der Waals surface area contributed by atoms with E-state index in [-0.39, 0.29) is 11.9 Å². The van der Waals surface area contributed by atoms with Gasteiger partial charge in [0.05, 0.1) is 17.1 Å². The van der Waals surface area contributed by atoms with Gasteiger partial charge < -0.3 is 14.4 Å². The third-order valence-electron chi connectivity index (χ3n) is 4.59. The van der Waals surface area contributed by atoms with Crippen molar-refractivity contribution in [2.24, 2.45) is 0 Å². The minimum Gasteiger partial charge on any atom is -0.449 e. The Kier molecular flexibility index (Phi) is 4.97. The van der Waals surface area contributed by atoms with Gasteiger partial charge in [0.15, 0.2) is 5.75 Å². The first-order valence-corrected chi connectivity index (χ1v) is 8.85. The highest BCUT2D eigenvalue weighted by Crippen LogP contribution is 2.22. The predicted molar refractivity (Wildman–Crippen MR) is 106 cm³/mol. The molecular weight excluding hydrogens is 394 g/mol. The molecule has 4 aromatic rings. The first kappa shape index (κ1) is 19.3. The van der Waals surface area contributed by atoms with Crippen molar-refractivity contribution in [2.45, 2.75) is 6.54 Å². The lowest BCUT2D eigenvalue weighted by Crippen LogP contribution is -2.17. The molecule has 0 aliphatic carbocycles. The molecule has 0 unspecified atom stereocenters. The molecule has 0 saturated carbocycles. The maximum atomic E-state index is 14.3. The number of hydrogen-bond acceptors (Lipinski definition) is 4. The number of halogens is 2. The minimum atomic E-state index is -1.66. The molecule has 2 heterocycles. The lowest BCUT2D eigenvalue weighted by atomic mass is 10.1. The topological polar surface area (TPSA) is 81.4 Å². The van der Waals surface area contributed by atoms with Crippen molar-refractivity contribution in [1.82, 2.24) is 9.55 Å². The Labute approximate surface area is 168 Å². The van der Waals surface area contributed by atoms with E-state index in [0.29, 0.717) is 5.52 Å². The van der Waals surface area contributed by atoms with Crippen molar-refractivity contribution in [3.05, 3.63) is 94.5 Å². The molecule has 0 atom stereocenters. The van der Waals surface area contributed by atoms with E-state index < -0.39 is 29.1 Å². The Morgan fingerprint density at radius 2 is 1.77 bits per heavy atom. The highest BCUT2D eigenvalue weighted by atomic mass is 19.1. The molecule has 1 N–H and O–H groups in total. The second kappa shape index (κ2) is 7.75. The van der Waals surface area contributed by atoms with Crippen molar-refractivity contribution in [3.8, 4) is 16.9 Å². The zero-order valence-corrected chi connectivity index (χ0v) is 15.4. The summed E-state index contributed by atoms with van der Waals surface area (Å²) in [5.74, 6) is -1.80. The van der Waals surface area contributed by atoms with Crippen LogP contribution >= 0.6 is 0 Å². The van der Waals surface area contributed by atoms with E-state index in [0.717, 1.165) is 22.8 Å². The van der Waals surface area contributed by atoms with Gasteiger partial charge in [-0.15, -0.1) is 0 Å². The third-order valence-corrected chi connectivity index (χ3v) is 4.59. The fourth-order valence-corrected chi connectivity index (χ4v) is 3.21. The molecular formula is C22H14F2N2O4. The van der Waals surface area contributed by atoms with E-state index in [9.17, 15) is 18.4 Å². The summed E-state index contributed by atoms with van der Waals surface area (Å²) in [5.41, 5.74) is 1.86. The van der Waals surface area contributed by atoms with Gasteiger partial charge >= 0.3 is 6.16 Å². The summed E-state index contributed by atoms with van der Waals surface area (Å²) in [4.78, 5) is 27.0. The van der Waals surface area contributed by atoms with Gasteiger partial charge in [0.2, 0.25) is 11.4 Å². The second-order valence-corrected chi connectivity index (χ2v) is 6.52. The van der Waals surface area contributed by atoms with Crippen LogP contribution in [0.5, 0.6) is 5.75 Å². The normalized spacial score (nSPS) is 10.9. The van der Waals surface area contributed by atoms with Crippen LogP contribution in [0.3, 0.4) is 0 Å². The van der Waals surface area contributed by atoms with Gasteiger partial charge in [-0.2, -0.15) is 4.39 Å². The fourth-order valence-electron chi connectivity index (χ4n) is 3.21. The van der Waals surface area contributed by atoms with Crippen LogP contribution in [0.2, 0.25) is 0 Å². The lowest BCUT2D eigenvalue weighted by Gasteiger charge is -2.14. The van der Waals surface area contributed by atoms with Crippen molar-refractivity contribution >= 4 is 17.1 Å². The first-order chi connectivity index (χ1) is 14.4. The molecule has 0 spiro atoms. The maximum absolute atomic E-state index is 14.3. The van der Waals surface area contributed by atoms with Gasteiger partial charge in [-0.25, -0.2) is 14.2 Å². The Morgan fingerprint density at radius 3 is 2.43 bits per heavy atom. The predicted octanol–water partition coefficient (Wildman–Crippen LogP) is 4.45. The van der Waals surface area contributed by atoms with Crippen LogP contribution in [0.4, 0.5) is 13.6 Å². The van der Waals surface area contributed by atoms with Crippen molar-refractivity contribution in [1.29, 1.82) is 0 Å². The zero-order chi connectivity index (χ0) is 21.3. The molecule has 0 bridgehead atoms. The summed E-state index contributed by atoms with van der Waals surface area (Å²) in [6, 6.07) is 14.3. The Morgan fingerprint density at radius 1 is 1.03 bits per heavy atom. The third kappa shape index (κ3) is 3.75. The fraction of sp³-hybridized carbons (Fsp3) is 0.0455. The van der Waals surface area contributed by atoms with Crippen molar-refractivity contribution in [3.63, 3.8) is 0 Å². The highest BCUT2D eigenvalue weighted by molar-refractivity contribution is 5.81. The molecule has 0 fully saturated rings. The van der Waals surface area contributed by atoms with Gasteiger partial charge in [0.25, 0.3) is 0 Å². The summed E-state index contributed by atoms with van der Waals surface area (Å²) in [6.07, 6.45) is 1.01. The largest absolute Gasteiger partial charge is 0.511 e. The molecule has 2 aromatic carbocycles. The van der Waals surface area contributed by atoms with E-state index in [1.54, 1.807) is 16.7 Å². The van der Waals surface area contributed by atoms with Gasteiger partial charge in [-0.1, -0.05) is 30.3 Å². The van der Waals surface area contributed by atoms with E-state index in [4.69, 9.17) is 5.11 Å². The molecule has 4 rings (SSSR count). The molecule has 2 aromatic heterocycles. The van der Waals surface area contributed by atoms with Gasteiger partial charge in [0, 0.05) is 18.3 Å². The van der Waals surface area contributed by atoms with Crippen LogP contribution in [0.25, 0.3) is 22.0 Å². The summed E-state index contributed by atoms with van der Waals surface area (Å²) in [7, 11) is 0.